The van der Waals surface area contributed by atoms with Gasteiger partial charge in [0.25, 0.3) is 0 Å². The molecule has 0 saturated carbocycles. The molecule has 0 amide bonds. The zero-order chi connectivity index (χ0) is 21.3. The van der Waals surface area contributed by atoms with Gasteiger partial charge in [-0.05, 0) is 16.7 Å². The Kier molecular flexibility index (Phi) is 7.45. The second-order valence-corrected chi connectivity index (χ2v) is 7.45. The molecule has 0 aromatic heterocycles. The summed E-state index contributed by atoms with van der Waals surface area (Å²) in [6, 6.07) is 29.5. The van der Waals surface area contributed by atoms with E-state index in [4.69, 9.17) is 18.9 Å². The highest BCUT2D eigenvalue weighted by atomic mass is 16.6. The maximum absolute atomic E-state index is 12.6. The molecule has 0 spiro atoms. The second-order valence-electron chi connectivity index (χ2n) is 7.45. The van der Waals surface area contributed by atoms with Crippen molar-refractivity contribution in [3.05, 3.63) is 108 Å². The molecule has 1 heterocycles. The molecule has 1 fully saturated rings. The van der Waals surface area contributed by atoms with Crippen molar-refractivity contribution in [1.29, 1.82) is 0 Å². The molecule has 0 bridgehead atoms. The van der Waals surface area contributed by atoms with Crippen molar-refractivity contribution in [3.63, 3.8) is 0 Å². The average Bonchev–Trinajstić information content (AvgIpc) is 3.12. The molecule has 0 N–H and O–H groups in total. The van der Waals surface area contributed by atoms with Crippen molar-refractivity contribution < 1.29 is 23.7 Å². The number of benzene rings is 3. The molecule has 1 unspecified atom stereocenters. The predicted molar refractivity (Wildman–Crippen MR) is 116 cm³/mol. The van der Waals surface area contributed by atoms with Gasteiger partial charge in [-0.2, -0.15) is 0 Å². The Morgan fingerprint density at radius 3 is 1.68 bits per heavy atom. The van der Waals surface area contributed by atoms with Gasteiger partial charge in [0.15, 0.2) is 12.2 Å². The molecule has 3 atom stereocenters. The summed E-state index contributed by atoms with van der Waals surface area (Å²) in [5.74, 6) is -0.415. The summed E-state index contributed by atoms with van der Waals surface area (Å²) in [7, 11) is 0. The minimum absolute atomic E-state index is 0.241. The van der Waals surface area contributed by atoms with E-state index in [9.17, 15) is 4.79 Å². The highest BCUT2D eigenvalue weighted by Gasteiger charge is 2.46. The lowest BCUT2D eigenvalue weighted by atomic mass is 10.1. The van der Waals surface area contributed by atoms with E-state index in [1.165, 1.54) is 0 Å². The molecule has 5 nitrogen and oxygen atoms in total. The monoisotopic (exact) mass is 418 g/mol. The fraction of sp³-hybridized carbons (Fsp3) is 0.269. The van der Waals surface area contributed by atoms with Gasteiger partial charge < -0.3 is 18.9 Å². The van der Waals surface area contributed by atoms with Crippen LogP contribution in [0.4, 0.5) is 0 Å². The molecule has 3 aromatic carbocycles. The summed E-state index contributed by atoms with van der Waals surface area (Å²) in [5.41, 5.74) is 3.07. The van der Waals surface area contributed by atoms with Crippen molar-refractivity contribution in [2.45, 2.75) is 38.1 Å². The summed E-state index contributed by atoms with van der Waals surface area (Å²) in [4.78, 5) is 12.6. The van der Waals surface area contributed by atoms with E-state index in [2.05, 4.69) is 0 Å². The van der Waals surface area contributed by atoms with Crippen molar-refractivity contribution in [2.24, 2.45) is 0 Å². The van der Waals surface area contributed by atoms with E-state index in [0.29, 0.717) is 19.8 Å². The zero-order valence-electron chi connectivity index (χ0n) is 17.3. The van der Waals surface area contributed by atoms with Gasteiger partial charge in [-0.25, -0.2) is 4.79 Å². The molecule has 0 aliphatic carbocycles. The Morgan fingerprint density at radius 2 is 1.13 bits per heavy atom. The van der Waals surface area contributed by atoms with Crippen LogP contribution in [0.25, 0.3) is 0 Å². The summed E-state index contributed by atoms with van der Waals surface area (Å²) >= 11 is 0. The molecule has 160 valence electrons. The number of ether oxygens (including phenoxy) is 4. The number of carbonyl (C=O) groups is 1. The maximum Gasteiger partial charge on any atom is 0.338 e. The van der Waals surface area contributed by atoms with Crippen molar-refractivity contribution >= 4 is 5.97 Å². The van der Waals surface area contributed by atoms with E-state index in [0.717, 1.165) is 16.7 Å². The minimum atomic E-state index is -0.797. The predicted octanol–water partition coefficient (Wildman–Crippen LogP) is 4.30. The Balaban J connectivity index is 1.40. The van der Waals surface area contributed by atoms with Gasteiger partial charge in [0, 0.05) is 0 Å². The number of carbonyl (C=O) groups excluding carboxylic acids is 1. The third-order valence-corrected chi connectivity index (χ3v) is 5.12. The van der Waals surface area contributed by atoms with Crippen LogP contribution in [0, 0.1) is 0 Å². The summed E-state index contributed by atoms with van der Waals surface area (Å²) in [6.07, 6.45) is -1.87. The Bertz CT molecular complexity index is 930. The molecule has 1 aliphatic heterocycles. The molecule has 1 saturated heterocycles. The van der Waals surface area contributed by atoms with Crippen LogP contribution in [-0.4, -0.2) is 30.9 Å². The normalized spacial score (nSPS) is 20.5. The van der Waals surface area contributed by atoms with Crippen LogP contribution < -0.4 is 0 Å². The molecule has 4 rings (SSSR count). The Labute approximate surface area is 182 Å². The fourth-order valence-corrected chi connectivity index (χ4v) is 3.49. The first-order valence-corrected chi connectivity index (χ1v) is 10.4. The topological polar surface area (TPSA) is 54.0 Å². The fourth-order valence-electron chi connectivity index (χ4n) is 3.49. The molecule has 3 aromatic rings. The van der Waals surface area contributed by atoms with Gasteiger partial charge in [-0.3, -0.25) is 0 Å². The highest BCUT2D eigenvalue weighted by molar-refractivity contribution is 5.78. The van der Waals surface area contributed by atoms with Gasteiger partial charge >= 0.3 is 5.97 Å². The van der Waals surface area contributed by atoms with Crippen LogP contribution in [-0.2, 0) is 43.6 Å². The molecular formula is C26H26O5. The standard InChI is InChI=1S/C26H26O5/c27-26-25(30-18-22-14-8-3-9-15-22)24(29-17-21-12-6-2-7-13-21)23(31-26)19-28-16-20-10-4-1-5-11-20/h1-15,23-25H,16-19H2/t23?,24-,25+/m1/s1. The van der Waals surface area contributed by atoms with Crippen LogP contribution in [0.3, 0.4) is 0 Å². The SMILES string of the molecule is O=C1OC(COCc2ccccc2)[C@@H](OCc2ccccc2)[C@@H]1OCc1ccccc1. The zero-order valence-corrected chi connectivity index (χ0v) is 17.3. The number of hydrogen-bond acceptors (Lipinski definition) is 5. The van der Waals surface area contributed by atoms with E-state index < -0.39 is 24.3 Å². The van der Waals surface area contributed by atoms with Crippen molar-refractivity contribution in [1.82, 2.24) is 0 Å². The number of rotatable bonds is 10. The van der Waals surface area contributed by atoms with Crippen LogP contribution in [0.1, 0.15) is 16.7 Å². The Morgan fingerprint density at radius 1 is 0.645 bits per heavy atom. The summed E-state index contributed by atoms with van der Waals surface area (Å²) in [6.45, 7) is 1.35. The highest BCUT2D eigenvalue weighted by Crippen LogP contribution is 2.25. The summed E-state index contributed by atoms with van der Waals surface area (Å²) < 4.78 is 23.5. The van der Waals surface area contributed by atoms with Gasteiger partial charge in [-0.15, -0.1) is 0 Å². The Hall–Kier alpha value is -2.99. The van der Waals surface area contributed by atoms with Crippen LogP contribution in [0.5, 0.6) is 0 Å². The quantitative estimate of drug-likeness (QED) is 0.460. The largest absolute Gasteiger partial charge is 0.455 e. The maximum atomic E-state index is 12.6. The lowest BCUT2D eigenvalue weighted by Gasteiger charge is -2.22. The number of cyclic esters (lactones) is 1. The molecule has 0 radical (unpaired) electrons. The van der Waals surface area contributed by atoms with Crippen LogP contribution in [0.2, 0.25) is 0 Å². The number of esters is 1. The smallest absolute Gasteiger partial charge is 0.338 e. The van der Waals surface area contributed by atoms with E-state index >= 15 is 0 Å². The van der Waals surface area contributed by atoms with Gasteiger partial charge in [-0.1, -0.05) is 91.0 Å². The van der Waals surface area contributed by atoms with Gasteiger partial charge in [0.05, 0.1) is 26.4 Å². The first-order chi connectivity index (χ1) is 15.3. The molecular weight excluding hydrogens is 392 g/mol. The van der Waals surface area contributed by atoms with Crippen LogP contribution in [0.15, 0.2) is 91.0 Å². The van der Waals surface area contributed by atoms with Crippen molar-refractivity contribution in [2.75, 3.05) is 6.61 Å². The molecule has 31 heavy (non-hydrogen) atoms. The van der Waals surface area contributed by atoms with Crippen molar-refractivity contribution in [3.8, 4) is 0 Å². The first-order valence-electron chi connectivity index (χ1n) is 10.4. The van der Waals surface area contributed by atoms with Crippen LogP contribution >= 0.6 is 0 Å². The van der Waals surface area contributed by atoms with Gasteiger partial charge in [0.1, 0.15) is 6.10 Å². The number of hydrogen-bond donors (Lipinski definition) is 0. The van der Waals surface area contributed by atoms with E-state index in [1.807, 2.05) is 91.0 Å². The minimum Gasteiger partial charge on any atom is -0.455 e. The molecule has 5 heteroatoms. The lowest BCUT2D eigenvalue weighted by Crippen LogP contribution is -2.38. The third-order valence-electron chi connectivity index (χ3n) is 5.12. The lowest BCUT2D eigenvalue weighted by molar-refractivity contribution is -0.152. The van der Waals surface area contributed by atoms with Gasteiger partial charge in [0.2, 0.25) is 0 Å². The average molecular weight is 418 g/mol. The summed E-state index contributed by atoms with van der Waals surface area (Å²) in [5, 5.41) is 0. The third kappa shape index (κ3) is 6.01. The second kappa shape index (κ2) is 10.9. The van der Waals surface area contributed by atoms with E-state index in [-0.39, 0.29) is 6.61 Å². The molecule has 1 aliphatic rings. The van der Waals surface area contributed by atoms with E-state index in [1.54, 1.807) is 0 Å². The first kappa shape index (κ1) is 21.2.